The van der Waals surface area contributed by atoms with E-state index < -0.39 is 0 Å². The molecule has 2 aromatic carbocycles. The maximum absolute atomic E-state index is 12.2. The minimum Gasteiger partial charge on any atom is -0.334 e. The molecule has 0 saturated heterocycles. The van der Waals surface area contributed by atoms with E-state index in [1.165, 1.54) is 5.56 Å². The first kappa shape index (κ1) is 18.0. The van der Waals surface area contributed by atoms with E-state index in [-0.39, 0.29) is 11.9 Å². The second-order valence-electron chi connectivity index (χ2n) is 6.74. The van der Waals surface area contributed by atoms with Crippen molar-refractivity contribution in [3.63, 3.8) is 0 Å². The summed E-state index contributed by atoms with van der Waals surface area (Å²) >= 11 is 0. The van der Waals surface area contributed by atoms with Crippen LogP contribution in [0.25, 0.3) is 0 Å². The zero-order chi connectivity index (χ0) is 18.7. The molecule has 1 heterocycles. The van der Waals surface area contributed by atoms with Crippen LogP contribution in [-0.2, 0) is 17.8 Å². The normalized spacial score (nSPS) is 12.7. The fraction of sp³-hybridized carbons (Fsp3) is 0.333. The number of hydrogen-bond donors (Lipinski definition) is 2. The van der Waals surface area contributed by atoms with Gasteiger partial charge in [-0.15, -0.1) is 0 Å². The molecular weight excluding hydrogens is 326 g/mol. The molecule has 2 aromatic rings. The Kier molecular flexibility index (Phi) is 5.26. The molecule has 0 saturated carbocycles. The molecule has 5 nitrogen and oxygen atoms in total. The summed E-state index contributed by atoms with van der Waals surface area (Å²) in [5, 5.41) is 5.80. The number of nitrogens with one attached hydrogen (secondary N) is 2. The van der Waals surface area contributed by atoms with E-state index in [1.54, 1.807) is 0 Å². The Labute approximate surface area is 154 Å². The molecule has 3 rings (SSSR count). The number of aryl methyl sites for hydroxylation is 2. The molecule has 0 bridgehead atoms. The van der Waals surface area contributed by atoms with Crippen molar-refractivity contribution in [1.82, 2.24) is 5.32 Å². The van der Waals surface area contributed by atoms with E-state index in [2.05, 4.69) is 16.7 Å². The summed E-state index contributed by atoms with van der Waals surface area (Å²) < 4.78 is 0. The van der Waals surface area contributed by atoms with Crippen LogP contribution in [0.5, 0.6) is 0 Å². The Morgan fingerprint density at radius 2 is 1.92 bits per heavy atom. The van der Waals surface area contributed by atoms with Crippen LogP contribution in [0.15, 0.2) is 36.4 Å². The largest absolute Gasteiger partial charge is 0.334 e. The van der Waals surface area contributed by atoms with Gasteiger partial charge in [0.1, 0.15) is 0 Å². The number of rotatable bonds is 4. The van der Waals surface area contributed by atoms with E-state index in [4.69, 9.17) is 0 Å². The fourth-order valence-electron chi connectivity index (χ4n) is 3.23. The van der Waals surface area contributed by atoms with Gasteiger partial charge >= 0.3 is 6.03 Å². The first-order valence-corrected chi connectivity index (χ1v) is 9.02. The number of anilines is 2. The summed E-state index contributed by atoms with van der Waals surface area (Å²) in [6.45, 7) is 7.05. The van der Waals surface area contributed by atoms with Crippen molar-refractivity contribution in [3.8, 4) is 0 Å². The molecule has 0 aliphatic carbocycles. The lowest BCUT2D eigenvalue weighted by Gasteiger charge is -2.16. The van der Waals surface area contributed by atoms with Gasteiger partial charge in [0.05, 0.1) is 0 Å². The van der Waals surface area contributed by atoms with Crippen molar-refractivity contribution in [3.05, 3.63) is 58.7 Å². The summed E-state index contributed by atoms with van der Waals surface area (Å²) in [5.41, 5.74) is 6.16. The molecule has 1 aliphatic rings. The Balaban J connectivity index is 1.61. The van der Waals surface area contributed by atoms with E-state index in [0.29, 0.717) is 13.0 Å². The smallest absolute Gasteiger partial charge is 0.319 e. The average Bonchev–Trinajstić information content (AvgIpc) is 3.05. The molecule has 5 heteroatoms. The van der Waals surface area contributed by atoms with Gasteiger partial charge in [-0.1, -0.05) is 31.2 Å². The quantitative estimate of drug-likeness (QED) is 0.877. The summed E-state index contributed by atoms with van der Waals surface area (Å²) in [6, 6.07) is 11.8. The Morgan fingerprint density at radius 3 is 2.69 bits per heavy atom. The lowest BCUT2D eigenvalue weighted by Crippen LogP contribution is -2.28. The van der Waals surface area contributed by atoms with Crippen molar-refractivity contribution in [2.45, 2.75) is 40.2 Å². The highest BCUT2D eigenvalue weighted by Gasteiger charge is 2.23. The van der Waals surface area contributed by atoms with E-state index in [1.807, 2.05) is 56.0 Å². The molecule has 26 heavy (non-hydrogen) atoms. The van der Waals surface area contributed by atoms with Gasteiger partial charge in [0, 0.05) is 30.9 Å². The molecule has 0 aromatic heterocycles. The Morgan fingerprint density at radius 1 is 1.12 bits per heavy atom. The highest BCUT2D eigenvalue weighted by Crippen LogP contribution is 2.29. The van der Waals surface area contributed by atoms with Gasteiger partial charge in [0.2, 0.25) is 5.91 Å². The number of nitrogens with zero attached hydrogens (tertiary/aromatic N) is 1. The first-order chi connectivity index (χ1) is 12.5. The standard InChI is InChI=1S/C21H25N3O2/c1-4-20(25)24-10-9-17-12-16(7-8-19(17)24)13-22-21(26)23-18-11-14(2)5-6-15(18)3/h5-8,11-12H,4,9-10,13H2,1-3H3,(H2,22,23,26). The second-order valence-corrected chi connectivity index (χ2v) is 6.74. The maximum Gasteiger partial charge on any atom is 0.319 e. The number of hydrogen-bond acceptors (Lipinski definition) is 2. The summed E-state index contributed by atoms with van der Waals surface area (Å²) in [5.74, 6) is 0.155. The monoisotopic (exact) mass is 351 g/mol. The van der Waals surface area contributed by atoms with E-state index in [9.17, 15) is 9.59 Å². The minimum atomic E-state index is -0.220. The van der Waals surface area contributed by atoms with Crippen LogP contribution >= 0.6 is 0 Å². The molecule has 1 aliphatic heterocycles. The zero-order valence-corrected chi connectivity index (χ0v) is 15.6. The maximum atomic E-state index is 12.2. The van der Waals surface area contributed by atoms with Gasteiger partial charge in [-0.25, -0.2) is 4.79 Å². The highest BCUT2D eigenvalue weighted by molar-refractivity contribution is 5.95. The Hall–Kier alpha value is -2.82. The van der Waals surface area contributed by atoms with Gasteiger partial charge in [0.15, 0.2) is 0 Å². The number of benzene rings is 2. The minimum absolute atomic E-state index is 0.155. The first-order valence-electron chi connectivity index (χ1n) is 9.02. The molecule has 0 fully saturated rings. The van der Waals surface area contributed by atoms with Gasteiger partial charge in [-0.3, -0.25) is 4.79 Å². The molecule has 0 spiro atoms. The SMILES string of the molecule is CCC(=O)N1CCc2cc(CNC(=O)Nc3cc(C)ccc3C)ccc21. The Bertz CT molecular complexity index is 845. The highest BCUT2D eigenvalue weighted by atomic mass is 16.2. The van der Waals surface area contributed by atoms with Gasteiger partial charge in [-0.05, 0) is 54.7 Å². The van der Waals surface area contributed by atoms with Crippen LogP contribution in [0.3, 0.4) is 0 Å². The third-order valence-corrected chi connectivity index (χ3v) is 4.74. The van der Waals surface area contributed by atoms with Gasteiger partial charge in [0.25, 0.3) is 0 Å². The predicted molar refractivity (Wildman–Crippen MR) is 105 cm³/mol. The summed E-state index contributed by atoms with van der Waals surface area (Å²) in [4.78, 5) is 26.0. The topological polar surface area (TPSA) is 61.4 Å². The van der Waals surface area contributed by atoms with Crippen molar-refractivity contribution in [1.29, 1.82) is 0 Å². The van der Waals surface area contributed by atoms with Crippen LogP contribution in [0.2, 0.25) is 0 Å². The number of urea groups is 1. The van der Waals surface area contributed by atoms with Crippen LogP contribution < -0.4 is 15.5 Å². The van der Waals surface area contributed by atoms with E-state index in [0.717, 1.165) is 41.0 Å². The number of amides is 3. The van der Waals surface area contributed by atoms with Crippen LogP contribution in [-0.4, -0.2) is 18.5 Å². The summed E-state index contributed by atoms with van der Waals surface area (Å²) in [6.07, 6.45) is 1.38. The van der Waals surface area contributed by atoms with Crippen molar-refractivity contribution < 1.29 is 9.59 Å². The van der Waals surface area contributed by atoms with Crippen LogP contribution in [0.1, 0.15) is 35.6 Å². The lowest BCUT2D eigenvalue weighted by molar-refractivity contribution is -0.118. The fourth-order valence-corrected chi connectivity index (χ4v) is 3.23. The van der Waals surface area contributed by atoms with E-state index >= 15 is 0 Å². The third-order valence-electron chi connectivity index (χ3n) is 4.74. The van der Waals surface area contributed by atoms with Crippen molar-refractivity contribution >= 4 is 23.3 Å². The van der Waals surface area contributed by atoms with Crippen molar-refractivity contribution in [2.24, 2.45) is 0 Å². The predicted octanol–water partition coefficient (Wildman–Crippen LogP) is 3.92. The van der Waals surface area contributed by atoms with Gasteiger partial charge < -0.3 is 15.5 Å². The number of fused-ring (bicyclic) bond motifs is 1. The molecular formula is C21H25N3O2. The molecule has 0 atom stereocenters. The lowest BCUT2D eigenvalue weighted by atomic mass is 10.1. The summed E-state index contributed by atoms with van der Waals surface area (Å²) in [7, 11) is 0. The molecule has 136 valence electrons. The average molecular weight is 351 g/mol. The molecule has 0 radical (unpaired) electrons. The zero-order valence-electron chi connectivity index (χ0n) is 15.6. The molecule has 3 amide bonds. The number of carbonyl (C=O) groups excluding carboxylic acids is 2. The van der Waals surface area contributed by atoms with Gasteiger partial charge in [-0.2, -0.15) is 0 Å². The second kappa shape index (κ2) is 7.60. The molecule has 2 N–H and O–H groups in total. The third kappa shape index (κ3) is 3.87. The van der Waals surface area contributed by atoms with Crippen molar-refractivity contribution in [2.75, 3.05) is 16.8 Å². The molecule has 0 unspecified atom stereocenters. The van der Waals surface area contributed by atoms with Crippen LogP contribution in [0, 0.1) is 13.8 Å². The van der Waals surface area contributed by atoms with Crippen LogP contribution in [0.4, 0.5) is 16.2 Å². The number of carbonyl (C=O) groups is 2.